The van der Waals surface area contributed by atoms with E-state index in [9.17, 15) is 19.5 Å². The molecule has 1 spiro atoms. The van der Waals surface area contributed by atoms with Crippen molar-refractivity contribution in [1.82, 2.24) is 4.90 Å². The molecule has 8 nitrogen and oxygen atoms in total. The highest BCUT2D eigenvalue weighted by Crippen LogP contribution is 2.58. The molecule has 5 rings (SSSR count). The van der Waals surface area contributed by atoms with Crippen LogP contribution in [0.4, 0.5) is 11.4 Å². The van der Waals surface area contributed by atoms with Crippen molar-refractivity contribution in [3.63, 3.8) is 0 Å². The van der Waals surface area contributed by atoms with Crippen LogP contribution in [0, 0.1) is 25.7 Å². The molecule has 2 aromatic carbocycles. The van der Waals surface area contributed by atoms with Crippen molar-refractivity contribution in [2.24, 2.45) is 11.8 Å². The molecular weight excluding hydrogens is 446 g/mol. The van der Waals surface area contributed by atoms with Crippen LogP contribution in [-0.2, 0) is 19.1 Å². The van der Waals surface area contributed by atoms with Crippen molar-refractivity contribution >= 4 is 29.1 Å². The van der Waals surface area contributed by atoms with Gasteiger partial charge in [0.2, 0.25) is 17.7 Å². The SMILES string of the molecule is Cc1cccc(C)c1NC(=O)C1N(CCCO)C(=O)[C@@H]2[C@H](C(=O)Nc3ccccc3)[C@@H]3CCC12O3. The topological polar surface area (TPSA) is 108 Å². The van der Waals surface area contributed by atoms with Crippen molar-refractivity contribution in [3.8, 4) is 0 Å². The third-order valence-corrected chi connectivity index (χ3v) is 7.68. The van der Waals surface area contributed by atoms with Crippen molar-refractivity contribution in [2.75, 3.05) is 23.8 Å². The Hall–Kier alpha value is -3.23. The number of anilines is 2. The van der Waals surface area contributed by atoms with Crippen molar-refractivity contribution in [1.29, 1.82) is 0 Å². The maximum absolute atomic E-state index is 13.8. The van der Waals surface area contributed by atoms with Gasteiger partial charge in [-0.3, -0.25) is 14.4 Å². The summed E-state index contributed by atoms with van der Waals surface area (Å²) in [4.78, 5) is 42.4. The number of hydrogen-bond donors (Lipinski definition) is 3. The number of ether oxygens (including phenoxy) is 1. The summed E-state index contributed by atoms with van der Waals surface area (Å²) in [5.41, 5.74) is 2.17. The number of aryl methyl sites for hydroxylation is 2. The second-order valence-electron chi connectivity index (χ2n) is 9.78. The number of nitrogens with one attached hydrogen (secondary N) is 2. The van der Waals surface area contributed by atoms with Crippen LogP contribution in [0.5, 0.6) is 0 Å². The zero-order valence-electron chi connectivity index (χ0n) is 20.0. The van der Waals surface area contributed by atoms with Gasteiger partial charge in [0.25, 0.3) is 0 Å². The van der Waals surface area contributed by atoms with Crippen LogP contribution < -0.4 is 10.6 Å². The highest BCUT2D eigenvalue weighted by molar-refractivity contribution is 6.05. The number of aliphatic hydroxyl groups is 1. The summed E-state index contributed by atoms with van der Waals surface area (Å²) in [7, 11) is 0. The number of fused-ring (bicyclic) bond motifs is 1. The Morgan fingerprint density at radius 3 is 2.46 bits per heavy atom. The zero-order chi connectivity index (χ0) is 24.7. The smallest absolute Gasteiger partial charge is 0.250 e. The van der Waals surface area contributed by atoms with E-state index in [0.717, 1.165) is 16.8 Å². The first-order valence-electron chi connectivity index (χ1n) is 12.2. The van der Waals surface area contributed by atoms with E-state index in [1.165, 1.54) is 4.90 Å². The second kappa shape index (κ2) is 9.09. The van der Waals surface area contributed by atoms with Gasteiger partial charge in [-0.15, -0.1) is 0 Å². The quantitative estimate of drug-likeness (QED) is 0.568. The van der Waals surface area contributed by atoms with E-state index in [0.29, 0.717) is 24.9 Å². The number of rotatable bonds is 7. The lowest BCUT2D eigenvalue weighted by molar-refractivity contribution is -0.139. The molecule has 3 heterocycles. The monoisotopic (exact) mass is 477 g/mol. The number of nitrogens with zero attached hydrogens (tertiary/aromatic N) is 1. The maximum Gasteiger partial charge on any atom is 0.250 e. The molecule has 3 aliphatic rings. The predicted octanol–water partition coefficient (Wildman–Crippen LogP) is 2.64. The first-order valence-corrected chi connectivity index (χ1v) is 12.2. The van der Waals surface area contributed by atoms with E-state index >= 15 is 0 Å². The highest BCUT2D eigenvalue weighted by atomic mass is 16.5. The van der Waals surface area contributed by atoms with E-state index < -0.39 is 29.6 Å². The van der Waals surface area contributed by atoms with E-state index in [1.807, 2.05) is 50.2 Å². The first-order chi connectivity index (χ1) is 16.9. The first kappa shape index (κ1) is 23.5. The molecule has 3 N–H and O–H groups in total. The van der Waals surface area contributed by atoms with E-state index in [4.69, 9.17) is 4.74 Å². The number of benzene rings is 2. The molecule has 3 aliphatic heterocycles. The van der Waals surface area contributed by atoms with Gasteiger partial charge in [-0.05, 0) is 56.4 Å². The lowest BCUT2D eigenvalue weighted by Gasteiger charge is -2.33. The molecule has 0 radical (unpaired) electrons. The fraction of sp³-hybridized carbons (Fsp3) is 0.444. The number of hydrogen-bond acceptors (Lipinski definition) is 5. The fourth-order valence-electron chi connectivity index (χ4n) is 6.19. The van der Waals surface area contributed by atoms with Crippen LogP contribution in [0.15, 0.2) is 48.5 Å². The fourth-order valence-corrected chi connectivity index (χ4v) is 6.19. The van der Waals surface area contributed by atoms with Gasteiger partial charge in [-0.1, -0.05) is 36.4 Å². The minimum Gasteiger partial charge on any atom is -0.396 e. The minimum absolute atomic E-state index is 0.103. The number of para-hydroxylation sites is 2. The molecule has 2 bridgehead atoms. The van der Waals surface area contributed by atoms with Crippen molar-refractivity contribution < 1.29 is 24.2 Å². The Morgan fingerprint density at radius 1 is 1.06 bits per heavy atom. The lowest BCUT2D eigenvalue weighted by atomic mass is 9.70. The molecule has 0 aromatic heterocycles. The van der Waals surface area contributed by atoms with Crippen molar-refractivity contribution in [2.45, 2.75) is 50.9 Å². The zero-order valence-corrected chi connectivity index (χ0v) is 20.0. The number of carbonyl (C=O) groups is 3. The summed E-state index contributed by atoms with van der Waals surface area (Å²) >= 11 is 0. The van der Waals surface area contributed by atoms with Crippen LogP contribution in [0.2, 0.25) is 0 Å². The molecule has 0 aliphatic carbocycles. The Balaban J connectivity index is 1.47. The summed E-state index contributed by atoms with van der Waals surface area (Å²) in [5.74, 6) is -2.25. The molecule has 5 atom stereocenters. The molecule has 2 unspecified atom stereocenters. The molecule has 3 fully saturated rings. The van der Waals surface area contributed by atoms with Gasteiger partial charge >= 0.3 is 0 Å². The number of aliphatic hydroxyl groups excluding tert-OH is 1. The summed E-state index contributed by atoms with van der Waals surface area (Å²) < 4.78 is 6.42. The van der Waals surface area contributed by atoms with E-state index in [-0.39, 0.29) is 30.9 Å². The number of likely N-dealkylation sites (tertiary alicyclic amines) is 1. The van der Waals surface area contributed by atoms with E-state index in [2.05, 4.69) is 10.6 Å². The standard InChI is InChI=1S/C27H31N3O5/c1-16-8-6-9-17(2)22(16)29-25(33)23-27-13-12-19(35-27)20(21(27)26(34)30(23)14-7-15-31)24(32)28-18-10-4-3-5-11-18/h3-6,8-11,19-21,23,31H,7,12-15H2,1-2H3,(H,28,32)(H,29,33)/t19-,20+,21-,23?,27?/m0/s1. The van der Waals surface area contributed by atoms with Crippen LogP contribution in [0.1, 0.15) is 30.4 Å². The molecule has 3 amide bonds. The van der Waals surface area contributed by atoms with E-state index in [1.54, 1.807) is 12.1 Å². The predicted molar refractivity (Wildman–Crippen MR) is 131 cm³/mol. The van der Waals surface area contributed by atoms with Gasteiger partial charge in [0.1, 0.15) is 11.6 Å². The molecule has 2 aromatic rings. The summed E-state index contributed by atoms with van der Waals surface area (Å²) in [5, 5.41) is 15.4. The minimum atomic E-state index is -1.06. The molecule has 3 saturated heterocycles. The third-order valence-electron chi connectivity index (χ3n) is 7.68. The largest absolute Gasteiger partial charge is 0.396 e. The molecule has 0 saturated carbocycles. The summed E-state index contributed by atoms with van der Waals surface area (Å²) in [6, 6.07) is 14.0. The maximum atomic E-state index is 13.8. The molecular formula is C27H31N3O5. The second-order valence-corrected chi connectivity index (χ2v) is 9.78. The Morgan fingerprint density at radius 2 is 1.77 bits per heavy atom. The lowest BCUT2D eigenvalue weighted by Crippen LogP contribution is -2.53. The van der Waals surface area contributed by atoms with Crippen LogP contribution in [-0.4, -0.2) is 58.6 Å². The summed E-state index contributed by atoms with van der Waals surface area (Å²) in [6.45, 7) is 3.97. The van der Waals surface area contributed by atoms with Gasteiger partial charge in [0.05, 0.1) is 17.9 Å². The Kier molecular flexibility index (Phi) is 6.11. The molecule has 8 heteroatoms. The number of amides is 3. The third kappa shape index (κ3) is 3.81. The van der Waals surface area contributed by atoms with Gasteiger partial charge in [0, 0.05) is 24.5 Å². The van der Waals surface area contributed by atoms with Crippen molar-refractivity contribution in [3.05, 3.63) is 59.7 Å². The van der Waals surface area contributed by atoms with Crippen LogP contribution in [0.3, 0.4) is 0 Å². The summed E-state index contributed by atoms with van der Waals surface area (Å²) in [6.07, 6.45) is 1.07. The van der Waals surface area contributed by atoms with Crippen LogP contribution >= 0.6 is 0 Å². The van der Waals surface area contributed by atoms with Crippen LogP contribution in [0.25, 0.3) is 0 Å². The van der Waals surface area contributed by atoms with Gasteiger partial charge < -0.3 is 25.4 Å². The highest BCUT2D eigenvalue weighted by Gasteiger charge is 2.74. The average molecular weight is 478 g/mol. The average Bonchev–Trinajstić information content (AvgIpc) is 3.48. The van der Waals surface area contributed by atoms with Gasteiger partial charge in [0.15, 0.2) is 0 Å². The Labute approximate surface area is 204 Å². The molecule has 35 heavy (non-hydrogen) atoms. The Bertz CT molecular complexity index is 1130. The van der Waals surface area contributed by atoms with Gasteiger partial charge in [-0.2, -0.15) is 0 Å². The number of carbonyl (C=O) groups excluding carboxylic acids is 3. The molecule has 184 valence electrons. The normalized spacial score (nSPS) is 28.8. The van der Waals surface area contributed by atoms with Gasteiger partial charge in [-0.25, -0.2) is 0 Å².